The number of urea groups is 1. The molecule has 2 amide bonds. The van der Waals surface area contributed by atoms with Crippen LogP contribution < -0.4 is 5.32 Å². The fraction of sp³-hybridized carbons (Fsp3) is 0.769. The third-order valence-electron chi connectivity index (χ3n) is 3.44. The summed E-state index contributed by atoms with van der Waals surface area (Å²) in [6.07, 6.45) is 0.735. The van der Waals surface area contributed by atoms with Crippen LogP contribution in [0, 0.1) is 11.8 Å². The number of nitrogens with one attached hydrogen (secondary N) is 1. The van der Waals surface area contributed by atoms with Crippen LogP contribution in [0.5, 0.6) is 0 Å². The van der Waals surface area contributed by atoms with Crippen LogP contribution in [0.15, 0.2) is 0 Å². The summed E-state index contributed by atoms with van der Waals surface area (Å²) in [6.45, 7) is 4.55. The summed E-state index contributed by atoms with van der Waals surface area (Å²) in [5.74, 6) is -1.43. The first-order valence-corrected chi connectivity index (χ1v) is 6.70. The van der Waals surface area contributed by atoms with Crippen molar-refractivity contribution in [3.05, 3.63) is 0 Å². The van der Waals surface area contributed by atoms with E-state index in [1.54, 1.807) is 4.90 Å². The maximum absolute atomic E-state index is 12.1. The minimum absolute atomic E-state index is 0.0196. The van der Waals surface area contributed by atoms with E-state index in [1.807, 2.05) is 13.8 Å². The molecule has 0 bridgehead atoms. The Labute approximate surface area is 118 Å². The van der Waals surface area contributed by atoms with E-state index in [9.17, 15) is 14.4 Å². The number of carboxylic acid groups (broad SMARTS) is 1. The molecule has 0 aliphatic carbocycles. The highest BCUT2D eigenvalue weighted by atomic mass is 16.5. The van der Waals surface area contributed by atoms with Gasteiger partial charge in [-0.15, -0.1) is 0 Å². The van der Waals surface area contributed by atoms with Gasteiger partial charge in [-0.3, -0.25) is 4.79 Å². The number of hydrogen-bond donors (Lipinski definition) is 2. The molecule has 0 aromatic carbocycles. The zero-order valence-electron chi connectivity index (χ0n) is 12.1. The molecule has 7 nitrogen and oxygen atoms in total. The quantitative estimate of drug-likeness (QED) is 0.725. The van der Waals surface area contributed by atoms with Gasteiger partial charge in [0.15, 0.2) is 0 Å². The van der Waals surface area contributed by atoms with Crippen molar-refractivity contribution in [2.45, 2.75) is 32.7 Å². The first-order chi connectivity index (χ1) is 9.35. The second-order valence-corrected chi connectivity index (χ2v) is 5.39. The third kappa shape index (κ3) is 4.40. The van der Waals surface area contributed by atoms with Crippen LogP contribution in [0.2, 0.25) is 0 Å². The van der Waals surface area contributed by atoms with Crippen LogP contribution in [-0.2, 0) is 14.3 Å². The number of aliphatic carboxylic acids is 1. The zero-order valence-corrected chi connectivity index (χ0v) is 12.1. The lowest BCUT2D eigenvalue weighted by molar-refractivity contribution is -0.144. The van der Waals surface area contributed by atoms with Crippen molar-refractivity contribution in [1.82, 2.24) is 10.2 Å². The molecule has 1 aliphatic rings. The first kappa shape index (κ1) is 16.3. The number of nitrogens with zero attached hydrogens (tertiary/aromatic N) is 1. The lowest BCUT2D eigenvalue weighted by Gasteiger charge is -2.24. The average molecular weight is 286 g/mol. The Morgan fingerprint density at radius 1 is 1.40 bits per heavy atom. The molecule has 20 heavy (non-hydrogen) atoms. The standard InChI is InChI=1S/C13H22N2O5/c1-8(2)11(12(18)20-3)14-13(19)15-5-4-9(7-15)6-10(16)17/h8-9,11H,4-7H2,1-3H3,(H,14,19)(H,16,17). The third-order valence-corrected chi connectivity index (χ3v) is 3.44. The Bertz CT molecular complexity index is 383. The predicted octanol–water partition coefficient (Wildman–Crippen LogP) is 0.690. The summed E-state index contributed by atoms with van der Waals surface area (Å²) in [5.41, 5.74) is 0. The van der Waals surface area contributed by atoms with E-state index in [2.05, 4.69) is 10.1 Å². The largest absolute Gasteiger partial charge is 0.481 e. The Balaban J connectivity index is 2.54. The Morgan fingerprint density at radius 3 is 2.55 bits per heavy atom. The van der Waals surface area contributed by atoms with Gasteiger partial charge in [-0.25, -0.2) is 9.59 Å². The number of rotatable bonds is 5. The molecule has 0 aromatic rings. The summed E-state index contributed by atoms with van der Waals surface area (Å²) >= 11 is 0. The minimum atomic E-state index is -0.855. The topological polar surface area (TPSA) is 95.9 Å². The van der Waals surface area contributed by atoms with Gasteiger partial charge in [0.25, 0.3) is 0 Å². The molecular formula is C13H22N2O5. The molecule has 7 heteroatoms. The van der Waals surface area contributed by atoms with Gasteiger partial charge in [-0.1, -0.05) is 13.8 Å². The molecular weight excluding hydrogens is 264 g/mol. The van der Waals surface area contributed by atoms with Crippen LogP contribution in [0.4, 0.5) is 4.79 Å². The molecule has 1 rings (SSSR count). The molecule has 1 heterocycles. The van der Waals surface area contributed by atoms with Crippen molar-refractivity contribution in [3.63, 3.8) is 0 Å². The lowest BCUT2D eigenvalue weighted by Crippen LogP contribution is -2.50. The van der Waals surface area contributed by atoms with Gasteiger partial charge in [0.05, 0.1) is 7.11 Å². The van der Waals surface area contributed by atoms with Crippen LogP contribution in [0.1, 0.15) is 26.7 Å². The molecule has 2 N–H and O–H groups in total. The van der Waals surface area contributed by atoms with E-state index in [0.717, 1.165) is 0 Å². The van der Waals surface area contributed by atoms with Crippen molar-refractivity contribution >= 4 is 18.0 Å². The monoisotopic (exact) mass is 286 g/mol. The van der Waals surface area contributed by atoms with Crippen molar-refractivity contribution in [2.24, 2.45) is 11.8 Å². The molecule has 2 atom stereocenters. The van der Waals surface area contributed by atoms with E-state index in [0.29, 0.717) is 19.5 Å². The molecule has 2 unspecified atom stereocenters. The van der Waals surface area contributed by atoms with Gasteiger partial charge >= 0.3 is 18.0 Å². The number of carbonyl (C=O) groups is 3. The van der Waals surface area contributed by atoms with E-state index in [1.165, 1.54) is 7.11 Å². The first-order valence-electron chi connectivity index (χ1n) is 6.70. The SMILES string of the molecule is COC(=O)C(NC(=O)N1CCC(CC(=O)O)C1)C(C)C. The van der Waals surface area contributed by atoms with Crippen molar-refractivity contribution < 1.29 is 24.2 Å². The fourth-order valence-corrected chi connectivity index (χ4v) is 2.28. The molecule has 0 aromatic heterocycles. The second-order valence-electron chi connectivity index (χ2n) is 5.39. The normalized spacial score (nSPS) is 19.8. The van der Waals surface area contributed by atoms with Gasteiger partial charge in [0.1, 0.15) is 6.04 Å². The van der Waals surface area contributed by atoms with Crippen molar-refractivity contribution in [3.8, 4) is 0 Å². The number of amides is 2. The number of carbonyl (C=O) groups excluding carboxylic acids is 2. The Kier molecular flexibility index (Phi) is 5.79. The highest BCUT2D eigenvalue weighted by Gasteiger charge is 2.31. The number of esters is 1. The summed E-state index contributed by atoms with van der Waals surface area (Å²) in [7, 11) is 1.28. The van der Waals surface area contributed by atoms with Gasteiger partial charge in [-0.2, -0.15) is 0 Å². The Hall–Kier alpha value is -1.79. The van der Waals surface area contributed by atoms with Crippen LogP contribution in [-0.4, -0.2) is 54.2 Å². The van der Waals surface area contributed by atoms with Gasteiger partial charge in [0.2, 0.25) is 0 Å². The number of ether oxygens (including phenoxy) is 1. The van der Waals surface area contributed by atoms with Crippen molar-refractivity contribution in [2.75, 3.05) is 20.2 Å². The molecule has 1 fully saturated rings. The molecule has 0 saturated carbocycles. The summed E-state index contributed by atoms with van der Waals surface area (Å²) < 4.78 is 4.66. The maximum atomic E-state index is 12.1. The van der Waals surface area contributed by atoms with Crippen LogP contribution in [0.25, 0.3) is 0 Å². The molecule has 0 spiro atoms. The summed E-state index contributed by atoms with van der Waals surface area (Å²) in [4.78, 5) is 35.8. The smallest absolute Gasteiger partial charge is 0.328 e. The highest BCUT2D eigenvalue weighted by Crippen LogP contribution is 2.19. The number of carboxylic acids is 1. The van der Waals surface area contributed by atoms with E-state index in [-0.39, 0.29) is 24.3 Å². The van der Waals surface area contributed by atoms with Crippen LogP contribution >= 0.6 is 0 Å². The lowest BCUT2D eigenvalue weighted by atomic mass is 10.1. The summed E-state index contributed by atoms with van der Waals surface area (Å²) in [6, 6.07) is -1.03. The maximum Gasteiger partial charge on any atom is 0.328 e. The van der Waals surface area contributed by atoms with Gasteiger partial charge < -0.3 is 20.1 Å². The van der Waals surface area contributed by atoms with E-state index < -0.39 is 18.0 Å². The molecule has 0 radical (unpaired) electrons. The van der Waals surface area contributed by atoms with E-state index in [4.69, 9.17) is 5.11 Å². The van der Waals surface area contributed by atoms with Crippen LogP contribution in [0.3, 0.4) is 0 Å². The number of methoxy groups -OCH3 is 1. The number of hydrogen-bond acceptors (Lipinski definition) is 4. The second kappa shape index (κ2) is 7.12. The summed E-state index contributed by atoms with van der Waals surface area (Å²) in [5, 5.41) is 11.4. The zero-order chi connectivity index (χ0) is 15.3. The molecule has 1 aliphatic heterocycles. The van der Waals surface area contributed by atoms with Crippen molar-refractivity contribution in [1.29, 1.82) is 0 Å². The highest BCUT2D eigenvalue weighted by molar-refractivity contribution is 5.84. The Morgan fingerprint density at radius 2 is 2.05 bits per heavy atom. The fourth-order valence-electron chi connectivity index (χ4n) is 2.28. The predicted molar refractivity (Wildman–Crippen MR) is 71.1 cm³/mol. The molecule has 1 saturated heterocycles. The van der Waals surface area contributed by atoms with Gasteiger partial charge in [0, 0.05) is 19.5 Å². The van der Waals surface area contributed by atoms with Gasteiger partial charge in [-0.05, 0) is 18.3 Å². The average Bonchev–Trinajstić information content (AvgIpc) is 2.82. The minimum Gasteiger partial charge on any atom is -0.481 e. The molecule has 114 valence electrons. The number of likely N-dealkylation sites (tertiary alicyclic amines) is 1. The van der Waals surface area contributed by atoms with E-state index >= 15 is 0 Å².